The molecule has 35 heavy (non-hydrogen) atoms. The van der Waals surface area contributed by atoms with Gasteiger partial charge in [-0.05, 0) is 48.9 Å². The SMILES string of the molecule is Nc1cc(C(=O)NC[C@@H]2OC(=O)N3c4ccc(CCC5CCOCC(=O)C5)cc4OC[C@@H]23)sc1Cl. The number of anilines is 2. The number of rotatable bonds is 6. The molecule has 2 aromatic rings. The van der Waals surface area contributed by atoms with E-state index in [1.165, 1.54) is 6.07 Å². The number of aryl methyl sites for hydroxylation is 1. The Morgan fingerprint density at radius 1 is 1.29 bits per heavy atom. The van der Waals surface area contributed by atoms with Crippen LogP contribution >= 0.6 is 22.9 Å². The smallest absolute Gasteiger partial charge is 0.415 e. The van der Waals surface area contributed by atoms with Crippen LogP contribution in [0.4, 0.5) is 16.2 Å². The Bertz CT molecular complexity index is 1130. The highest BCUT2D eigenvalue weighted by molar-refractivity contribution is 7.18. The molecule has 2 fully saturated rings. The molecule has 3 aliphatic rings. The number of thiophene rings is 1. The highest BCUT2D eigenvalue weighted by Crippen LogP contribution is 2.39. The topological polar surface area (TPSA) is 120 Å². The summed E-state index contributed by atoms with van der Waals surface area (Å²) < 4.78 is 17.3. The van der Waals surface area contributed by atoms with Crippen LogP contribution in [0.2, 0.25) is 4.34 Å². The third kappa shape index (κ3) is 5.10. The molecule has 11 heteroatoms. The number of nitrogens with zero attached hydrogens (tertiary/aromatic N) is 1. The molecule has 2 saturated heterocycles. The minimum Gasteiger partial charge on any atom is -0.489 e. The summed E-state index contributed by atoms with van der Waals surface area (Å²) in [6.07, 6.45) is 2.14. The molecule has 1 aromatic carbocycles. The Labute approximate surface area is 211 Å². The summed E-state index contributed by atoms with van der Waals surface area (Å²) in [5, 5.41) is 2.79. The maximum absolute atomic E-state index is 12.7. The van der Waals surface area contributed by atoms with Crippen molar-refractivity contribution in [2.75, 3.05) is 37.0 Å². The Balaban J connectivity index is 1.21. The van der Waals surface area contributed by atoms with Gasteiger partial charge in [-0.2, -0.15) is 0 Å². The van der Waals surface area contributed by atoms with Gasteiger partial charge in [0.05, 0.1) is 22.8 Å². The number of carbonyl (C=O) groups is 3. The summed E-state index contributed by atoms with van der Waals surface area (Å²) in [6, 6.07) is 6.97. The van der Waals surface area contributed by atoms with Gasteiger partial charge in [0.1, 0.15) is 35.4 Å². The van der Waals surface area contributed by atoms with E-state index in [1.54, 1.807) is 4.90 Å². The molecule has 9 nitrogen and oxygen atoms in total. The largest absolute Gasteiger partial charge is 0.489 e. The van der Waals surface area contributed by atoms with E-state index >= 15 is 0 Å². The first-order chi connectivity index (χ1) is 16.9. The van der Waals surface area contributed by atoms with Crippen LogP contribution in [0, 0.1) is 5.92 Å². The second-order valence-corrected chi connectivity index (χ2v) is 10.7. The fourth-order valence-electron chi connectivity index (χ4n) is 4.72. The van der Waals surface area contributed by atoms with Gasteiger partial charge in [0.25, 0.3) is 5.91 Å². The van der Waals surface area contributed by atoms with Crippen molar-refractivity contribution in [2.24, 2.45) is 5.92 Å². The van der Waals surface area contributed by atoms with Gasteiger partial charge in [-0.3, -0.25) is 14.5 Å². The van der Waals surface area contributed by atoms with Gasteiger partial charge in [0.15, 0.2) is 5.78 Å². The number of nitrogen functional groups attached to an aromatic ring is 1. The maximum Gasteiger partial charge on any atom is 0.415 e. The van der Waals surface area contributed by atoms with E-state index in [0.29, 0.717) is 45.3 Å². The minimum absolute atomic E-state index is 0.141. The molecule has 0 aliphatic carbocycles. The zero-order chi connectivity index (χ0) is 24.5. The van der Waals surface area contributed by atoms with Crippen LogP contribution in [0.1, 0.15) is 34.5 Å². The van der Waals surface area contributed by atoms with Crippen molar-refractivity contribution in [2.45, 2.75) is 37.8 Å². The number of nitrogens with two attached hydrogens (primary N) is 1. The maximum atomic E-state index is 12.7. The number of fused-ring (bicyclic) bond motifs is 3. The van der Waals surface area contributed by atoms with E-state index < -0.39 is 12.2 Å². The molecule has 3 atom stereocenters. The number of nitrogens with one attached hydrogen (secondary N) is 1. The number of hydrogen-bond acceptors (Lipinski definition) is 8. The van der Waals surface area contributed by atoms with Crippen molar-refractivity contribution < 1.29 is 28.6 Å². The van der Waals surface area contributed by atoms with Crippen molar-refractivity contribution >= 4 is 52.1 Å². The molecule has 4 heterocycles. The van der Waals surface area contributed by atoms with Gasteiger partial charge in [-0.15, -0.1) is 11.3 Å². The Hall–Kier alpha value is -2.82. The van der Waals surface area contributed by atoms with Crippen LogP contribution in [-0.2, 0) is 20.7 Å². The third-order valence-electron chi connectivity index (χ3n) is 6.59. The van der Waals surface area contributed by atoms with E-state index in [4.69, 9.17) is 31.5 Å². The van der Waals surface area contributed by atoms with Gasteiger partial charge in [0.2, 0.25) is 0 Å². The second-order valence-electron chi connectivity index (χ2n) is 9.01. The molecule has 1 aromatic heterocycles. The number of benzene rings is 1. The average Bonchev–Trinajstić information content (AvgIpc) is 3.27. The quantitative estimate of drug-likeness (QED) is 0.599. The molecule has 3 aliphatic heterocycles. The highest BCUT2D eigenvalue weighted by Gasteiger charge is 2.46. The first-order valence-corrected chi connectivity index (χ1v) is 12.8. The number of cyclic esters (lactones) is 1. The Kier molecular flexibility index (Phi) is 6.86. The predicted molar refractivity (Wildman–Crippen MR) is 131 cm³/mol. The Morgan fingerprint density at radius 3 is 2.94 bits per heavy atom. The van der Waals surface area contributed by atoms with Crippen LogP contribution in [0.3, 0.4) is 0 Å². The van der Waals surface area contributed by atoms with E-state index in [-0.39, 0.29) is 37.5 Å². The normalized spacial score (nSPS) is 23.7. The highest BCUT2D eigenvalue weighted by atomic mass is 35.5. The standard InChI is InChI=1S/C24H26ClN3O6S/c25-22-16(26)9-21(35-22)23(30)27-10-20-18-12-33-19-8-13(3-4-17(19)28(18)24(31)34-20)1-2-14-5-6-32-11-15(29)7-14/h3-4,8-9,14,18,20H,1-2,5-7,10-12,26H2,(H,27,30)/t14?,18-,20-/m0/s1. The molecule has 0 spiro atoms. The lowest BCUT2D eigenvalue weighted by molar-refractivity contribution is -0.122. The van der Waals surface area contributed by atoms with Crippen molar-refractivity contribution in [1.82, 2.24) is 5.32 Å². The van der Waals surface area contributed by atoms with Crippen LogP contribution in [0.15, 0.2) is 24.3 Å². The fourth-order valence-corrected chi connectivity index (χ4v) is 5.74. The van der Waals surface area contributed by atoms with Crippen LogP contribution in [0.5, 0.6) is 5.75 Å². The van der Waals surface area contributed by atoms with Crippen molar-refractivity contribution in [3.63, 3.8) is 0 Å². The molecule has 0 bridgehead atoms. The number of hydrogen-bond donors (Lipinski definition) is 2. The number of ketones is 1. The van der Waals surface area contributed by atoms with Gasteiger partial charge in [-0.25, -0.2) is 4.79 Å². The molecule has 0 saturated carbocycles. The zero-order valence-corrected chi connectivity index (χ0v) is 20.5. The number of ether oxygens (including phenoxy) is 3. The average molecular weight is 520 g/mol. The monoisotopic (exact) mass is 519 g/mol. The lowest BCUT2D eigenvalue weighted by Crippen LogP contribution is -2.47. The van der Waals surface area contributed by atoms with Crippen molar-refractivity contribution in [1.29, 1.82) is 0 Å². The molecule has 186 valence electrons. The molecular formula is C24H26ClN3O6S. The second kappa shape index (κ2) is 10.0. The van der Waals surface area contributed by atoms with Gasteiger partial charge < -0.3 is 25.3 Å². The zero-order valence-electron chi connectivity index (χ0n) is 19.0. The molecule has 0 radical (unpaired) electrons. The number of carbonyl (C=O) groups excluding carboxylic acids is 3. The lowest BCUT2D eigenvalue weighted by Gasteiger charge is -2.31. The first-order valence-electron chi connectivity index (χ1n) is 11.6. The summed E-state index contributed by atoms with van der Waals surface area (Å²) in [4.78, 5) is 38.9. The number of amides is 2. The summed E-state index contributed by atoms with van der Waals surface area (Å²) in [7, 11) is 0. The van der Waals surface area contributed by atoms with Gasteiger partial charge in [0, 0.05) is 13.0 Å². The molecule has 5 rings (SSSR count). The van der Waals surface area contributed by atoms with Crippen LogP contribution < -0.4 is 20.7 Å². The van der Waals surface area contributed by atoms with Gasteiger partial charge >= 0.3 is 6.09 Å². The molecule has 2 amide bonds. The van der Waals surface area contributed by atoms with E-state index in [1.807, 2.05) is 18.2 Å². The third-order valence-corrected chi connectivity index (χ3v) is 7.98. The van der Waals surface area contributed by atoms with Crippen molar-refractivity contribution in [3.8, 4) is 5.75 Å². The summed E-state index contributed by atoms with van der Waals surface area (Å²) in [6.45, 7) is 1.24. The minimum atomic E-state index is -0.554. The van der Waals surface area contributed by atoms with E-state index in [2.05, 4.69) is 5.32 Å². The lowest BCUT2D eigenvalue weighted by atomic mass is 9.92. The summed E-state index contributed by atoms with van der Waals surface area (Å²) in [5.41, 5.74) is 7.81. The van der Waals surface area contributed by atoms with E-state index in [9.17, 15) is 14.4 Å². The van der Waals surface area contributed by atoms with Gasteiger partial charge in [-0.1, -0.05) is 17.7 Å². The Morgan fingerprint density at radius 2 is 2.14 bits per heavy atom. The van der Waals surface area contributed by atoms with Crippen LogP contribution in [0.25, 0.3) is 0 Å². The van der Waals surface area contributed by atoms with E-state index in [0.717, 1.165) is 36.2 Å². The molecular weight excluding hydrogens is 494 g/mol. The first kappa shape index (κ1) is 23.9. The number of Topliss-reactive ketones (excluding diaryl/α,β-unsaturated/α-hetero) is 1. The molecule has 3 N–H and O–H groups in total. The van der Waals surface area contributed by atoms with Crippen molar-refractivity contribution in [3.05, 3.63) is 39.0 Å². The molecule has 1 unspecified atom stereocenters. The van der Waals surface area contributed by atoms with Crippen LogP contribution in [-0.4, -0.2) is 56.3 Å². The predicted octanol–water partition coefficient (Wildman–Crippen LogP) is 3.43. The fraction of sp³-hybridized carbons (Fsp3) is 0.458. The summed E-state index contributed by atoms with van der Waals surface area (Å²) in [5.74, 6) is 0.780. The summed E-state index contributed by atoms with van der Waals surface area (Å²) >= 11 is 7.04. The number of halogens is 1.